The quantitative estimate of drug-likeness (QED) is 0.385. The smallest absolute Gasteiger partial charge is 0.565 e. The second-order valence-electron chi connectivity index (χ2n) is 0.532. The van der Waals surface area contributed by atoms with Gasteiger partial charge in [0.15, 0.2) is 0 Å². The van der Waals surface area contributed by atoms with Crippen molar-refractivity contribution in [1.82, 2.24) is 0 Å². The molecule has 0 unspecified atom stereocenters. The van der Waals surface area contributed by atoms with Crippen molar-refractivity contribution < 1.29 is 138 Å². The van der Waals surface area contributed by atoms with Crippen LogP contribution in [0.1, 0.15) is 0 Å². The molecule has 0 bridgehead atoms. The van der Waals surface area contributed by atoms with Crippen LogP contribution in [-0.2, 0) is 0 Å². The number of hydrogen-bond acceptors (Lipinski definition) is 4. The molecule has 0 heterocycles. The fourth-order valence-corrected chi connectivity index (χ4v) is 0. The van der Waals surface area contributed by atoms with Gasteiger partial charge in [-0.05, 0) is 0 Å². The molecular formula is C2H4K2O7. The van der Waals surface area contributed by atoms with Gasteiger partial charge in [-0.3, -0.25) is 0 Å². The maximum Gasteiger partial charge on any atom is 1.00 e. The first-order valence-corrected chi connectivity index (χ1v) is 1.26. The summed E-state index contributed by atoms with van der Waals surface area (Å²) in [6.07, 6.45) is -4.17. The molecule has 0 fully saturated rings. The fraction of sp³-hybridized carbons (Fsp3) is 0. The van der Waals surface area contributed by atoms with E-state index in [1.54, 1.807) is 0 Å². The molecule has 0 aliphatic heterocycles. The van der Waals surface area contributed by atoms with E-state index in [2.05, 4.69) is 0 Å². The van der Waals surface area contributed by atoms with E-state index in [4.69, 9.17) is 30.0 Å². The van der Waals surface area contributed by atoms with Crippen molar-refractivity contribution in [1.29, 1.82) is 0 Å². The minimum Gasteiger partial charge on any atom is -0.565 e. The molecule has 4 N–H and O–H groups in total. The third-order valence-electron chi connectivity index (χ3n) is 0. The van der Waals surface area contributed by atoms with E-state index in [-0.39, 0.29) is 108 Å². The van der Waals surface area contributed by atoms with E-state index in [1.165, 1.54) is 0 Å². The average Bonchev–Trinajstić information content (AvgIpc) is 1.25. The summed E-state index contributed by atoms with van der Waals surface area (Å²) in [7, 11) is 0. The summed E-state index contributed by atoms with van der Waals surface area (Å²) in [6.45, 7) is 0. The summed E-state index contributed by atoms with van der Waals surface area (Å²) in [6, 6.07) is 0. The van der Waals surface area contributed by atoms with Gasteiger partial charge in [-0.15, -0.1) is 0 Å². The summed E-state index contributed by atoms with van der Waals surface area (Å²) in [5.41, 5.74) is 0. The van der Waals surface area contributed by atoms with Crippen LogP contribution in [0, 0.1) is 0 Å². The van der Waals surface area contributed by atoms with Gasteiger partial charge in [0, 0.05) is 0 Å². The minimum absolute atomic E-state index is 0. The predicted molar refractivity (Wildman–Crippen MR) is 19.7 cm³/mol. The zero-order valence-corrected chi connectivity index (χ0v) is 12.3. The van der Waals surface area contributed by atoms with Crippen molar-refractivity contribution in [2.45, 2.75) is 0 Å². The van der Waals surface area contributed by atoms with Crippen LogP contribution in [0.4, 0.5) is 9.59 Å². The van der Waals surface area contributed by atoms with E-state index in [1.807, 2.05) is 0 Å². The standard InChI is InChI=1S/2CH2O3.2K.H2O/c2*2-1(3)4;;;/h2*(H2,2,3,4);;;1H2/q;;2*+1;/p-2. The molecule has 0 spiro atoms. The van der Waals surface area contributed by atoms with Crippen molar-refractivity contribution >= 4 is 12.3 Å². The van der Waals surface area contributed by atoms with E-state index in [0.29, 0.717) is 0 Å². The summed E-state index contributed by atoms with van der Waals surface area (Å²) < 4.78 is 0. The van der Waals surface area contributed by atoms with Gasteiger partial charge in [0.1, 0.15) is 0 Å². The predicted octanol–water partition coefficient (Wildman–Crippen LogP) is -9.04. The van der Waals surface area contributed by atoms with Crippen molar-refractivity contribution in [2.24, 2.45) is 0 Å². The van der Waals surface area contributed by atoms with Crippen LogP contribution in [0.2, 0.25) is 0 Å². The Bertz CT molecular complexity index is 72.4. The molecule has 0 saturated carbocycles. The maximum atomic E-state index is 8.44. The van der Waals surface area contributed by atoms with Gasteiger partial charge in [-0.25, -0.2) is 0 Å². The first-order chi connectivity index (χ1) is 3.46. The van der Waals surface area contributed by atoms with Gasteiger partial charge in [0.2, 0.25) is 12.3 Å². The van der Waals surface area contributed by atoms with E-state index >= 15 is 0 Å². The van der Waals surface area contributed by atoms with Crippen LogP contribution in [-0.4, -0.2) is 28.0 Å². The average molecular weight is 218 g/mol. The summed E-state index contributed by atoms with van der Waals surface area (Å²) in [5, 5.41) is 30.6. The van der Waals surface area contributed by atoms with Crippen LogP contribution in [0.15, 0.2) is 0 Å². The molecule has 9 heteroatoms. The topological polar surface area (TPSA) is 152 Å². The van der Waals surface area contributed by atoms with Crippen molar-refractivity contribution in [3.05, 3.63) is 0 Å². The first-order valence-electron chi connectivity index (χ1n) is 1.26. The molecule has 0 saturated heterocycles. The molecule has 0 aliphatic rings. The molecule has 0 aromatic carbocycles. The molecule has 11 heavy (non-hydrogen) atoms. The number of carbonyl (C=O) groups is 2. The third-order valence-corrected chi connectivity index (χ3v) is 0. The monoisotopic (exact) mass is 218 g/mol. The summed E-state index contributed by atoms with van der Waals surface area (Å²) >= 11 is 0. The van der Waals surface area contributed by atoms with Crippen LogP contribution in [0.25, 0.3) is 0 Å². The fourth-order valence-electron chi connectivity index (χ4n) is 0. The second-order valence-corrected chi connectivity index (χ2v) is 0.532. The molecule has 0 amide bonds. The van der Waals surface area contributed by atoms with Gasteiger partial charge >= 0.3 is 103 Å². The van der Waals surface area contributed by atoms with Crippen LogP contribution >= 0.6 is 0 Å². The van der Waals surface area contributed by atoms with Crippen LogP contribution in [0.5, 0.6) is 0 Å². The Labute approximate surface area is 147 Å². The SMILES string of the molecule is O.O=C([O-])O.O=C([O-])O.[K+].[K+]. The number of rotatable bonds is 0. The van der Waals surface area contributed by atoms with Crippen LogP contribution < -0.4 is 113 Å². The molecule has 0 atom stereocenters. The Balaban J connectivity index is -0.0000000171. The van der Waals surface area contributed by atoms with E-state index in [9.17, 15) is 0 Å². The molecule has 0 aromatic rings. The largest absolute Gasteiger partial charge is 1.00 e. The zero-order chi connectivity index (χ0) is 7.15. The Hall–Kier alpha value is 1.77. The number of hydrogen-bond donors (Lipinski definition) is 2. The molecule has 0 rings (SSSR count). The molecular weight excluding hydrogens is 214 g/mol. The Morgan fingerprint density at radius 2 is 0.909 bits per heavy atom. The van der Waals surface area contributed by atoms with Gasteiger partial charge in [-0.1, -0.05) is 0 Å². The van der Waals surface area contributed by atoms with Crippen molar-refractivity contribution in [3.8, 4) is 0 Å². The minimum atomic E-state index is -2.08. The summed E-state index contributed by atoms with van der Waals surface area (Å²) in [4.78, 5) is 16.9. The van der Waals surface area contributed by atoms with Gasteiger partial charge in [0.05, 0.1) is 0 Å². The Kier molecular flexibility index (Phi) is 60.2. The molecule has 7 nitrogen and oxygen atoms in total. The van der Waals surface area contributed by atoms with Crippen LogP contribution in [0.3, 0.4) is 0 Å². The Morgan fingerprint density at radius 3 is 0.909 bits per heavy atom. The maximum absolute atomic E-state index is 8.44. The summed E-state index contributed by atoms with van der Waals surface area (Å²) in [5.74, 6) is 0. The third kappa shape index (κ3) is 358. The van der Waals surface area contributed by atoms with E-state index in [0.717, 1.165) is 0 Å². The van der Waals surface area contributed by atoms with Crippen molar-refractivity contribution in [2.75, 3.05) is 0 Å². The molecule has 0 aliphatic carbocycles. The normalized spacial score (nSPS) is 4.36. The van der Waals surface area contributed by atoms with E-state index < -0.39 is 12.3 Å². The van der Waals surface area contributed by atoms with Crippen molar-refractivity contribution in [3.63, 3.8) is 0 Å². The number of carboxylic acid groups (broad SMARTS) is 4. The van der Waals surface area contributed by atoms with Gasteiger partial charge in [0.25, 0.3) is 0 Å². The van der Waals surface area contributed by atoms with Gasteiger partial charge in [-0.2, -0.15) is 0 Å². The Morgan fingerprint density at radius 1 is 0.909 bits per heavy atom. The first kappa shape index (κ1) is 29.3. The van der Waals surface area contributed by atoms with Gasteiger partial charge < -0.3 is 35.5 Å². The second kappa shape index (κ2) is 22.6. The molecule has 0 aromatic heterocycles. The molecule has 56 valence electrons. The zero-order valence-electron chi connectivity index (χ0n) is 6.03. The molecule has 0 radical (unpaired) electrons.